The van der Waals surface area contributed by atoms with Crippen molar-refractivity contribution in [3.8, 4) is 0 Å². The second kappa shape index (κ2) is 4.77. The second-order valence-electron chi connectivity index (χ2n) is 3.67. The summed E-state index contributed by atoms with van der Waals surface area (Å²) in [5, 5.41) is 12.9. The van der Waals surface area contributed by atoms with E-state index in [9.17, 15) is 5.11 Å². The molecule has 0 spiro atoms. The lowest BCUT2D eigenvalue weighted by Crippen LogP contribution is -2.18. The molecule has 0 saturated carbocycles. The molecule has 2 heterocycles. The van der Waals surface area contributed by atoms with E-state index < -0.39 is 6.10 Å². The largest absolute Gasteiger partial charge is 0.495 e. The number of allylic oxidation sites excluding steroid dienone is 1. The zero-order chi connectivity index (χ0) is 10.7. The van der Waals surface area contributed by atoms with Crippen molar-refractivity contribution in [3.05, 3.63) is 27.9 Å². The Morgan fingerprint density at radius 1 is 1.67 bits per heavy atom. The minimum absolute atomic E-state index is 0.535. The summed E-state index contributed by atoms with van der Waals surface area (Å²) >= 11 is 1.61. The van der Waals surface area contributed by atoms with Crippen LogP contribution in [0.15, 0.2) is 17.2 Å². The van der Waals surface area contributed by atoms with Crippen molar-refractivity contribution in [2.75, 3.05) is 6.61 Å². The first-order chi connectivity index (χ1) is 7.25. The fourth-order valence-corrected chi connectivity index (χ4v) is 2.23. The third-order valence-electron chi connectivity index (χ3n) is 2.36. The van der Waals surface area contributed by atoms with Crippen molar-refractivity contribution in [2.24, 2.45) is 0 Å². The summed E-state index contributed by atoms with van der Waals surface area (Å²) in [5.41, 5.74) is 0.945. The van der Waals surface area contributed by atoms with Crippen LogP contribution in [0.2, 0.25) is 0 Å². The fraction of sp³-hybridized carbons (Fsp3) is 0.545. The van der Waals surface area contributed by atoms with E-state index in [2.05, 4.69) is 4.98 Å². The quantitative estimate of drug-likeness (QED) is 0.856. The van der Waals surface area contributed by atoms with Crippen molar-refractivity contribution < 1.29 is 9.84 Å². The molecule has 0 radical (unpaired) electrons. The first kappa shape index (κ1) is 10.6. The first-order valence-corrected chi connectivity index (χ1v) is 6.05. The molecule has 0 bridgehead atoms. The molecule has 1 atom stereocenters. The van der Waals surface area contributed by atoms with E-state index in [4.69, 9.17) is 4.74 Å². The lowest BCUT2D eigenvalue weighted by molar-refractivity contribution is 0.0913. The Hall–Kier alpha value is -0.870. The summed E-state index contributed by atoms with van der Waals surface area (Å²) < 4.78 is 5.41. The zero-order valence-electron chi connectivity index (χ0n) is 8.77. The molecule has 3 nitrogen and oxygen atoms in total. The number of aliphatic hydroxyl groups is 1. The van der Waals surface area contributed by atoms with Crippen LogP contribution in [0.25, 0.3) is 0 Å². The predicted molar refractivity (Wildman–Crippen MR) is 59.8 cm³/mol. The van der Waals surface area contributed by atoms with Crippen LogP contribution in [0.5, 0.6) is 0 Å². The van der Waals surface area contributed by atoms with Crippen LogP contribution >= 0.6 is 11.3 Å². The van der Waals surface area contributed by atoms with Gasteiger partial charge in [-0.15, -0.1) is 11.3 Å². The molecule has 1 aliphatic rings. The van der Waals surface area contributed by atoms with Gasteiger partial charge in [0.05, 0.1) is 17.3 Å². The van der Waals surface area contributed by atoms with Gasteiger partial charge in [-0.3, -0.25) is 0 Å². The highest BCUT2D eigenvalue weighted by atomic mass is 32.1. The number of aryl methyl sites for hydroxylation is 1. The highest BCUT2D eigenvalue weighted by Gasteiger charge is 2.16. The van der Waals surface area contributed by atoms with Gasteiger partial charge in [-0.25, -0.2) is 4.98 Å². The van der Waals surface area contributed by atoms with Crippen LogP contribution in [-0.2, 0) is 11.2 Å². The fourth-order valence-electron chi connectivity index (χ4n) is 1.61. The van der Waals surface area contributed by atoms with Crippen molar-refractivity contribution in [1.82, 2.24) is 4.98 Å². The van der Waals surface area contributed by atoms with Gasteiger partial charge in [-0.2, -0.15) is 0 Å². The van der Waals surface area contributed by atoms with Crippen LogP contribution in [0, 0.1) is 6.92 Å². The van der Waals surface area contributed by atoms with Crippen molar-refractivity contribution in [1.29, 1.82) is 0 Å². The lowest BCUT2D eigenvalue weighted by atomic mass is 10.1. The van der Waals surface area contributed by atoms with E-state index in [1.54, 1.807) is 11.3 Å². The Bertz CT molecular complexity index is 359. The molecule has 0 fully saturated rings. The topological polar surface area (TPSA) is 42.4 Å². The van der Waals surface area contributed by atoms with Gasteiger partial charge in [0.25, 0.3) is 0 Å². The van der Waals surface area contributed by atoms with Crippen LogP contribution in [0.3, 0.4) is 0 Å². The van der Waals surface area contributed by atoms with Gasteiger partial charge in [0.15, 0.2) is 0 Å². The molecule has 4 heteroatoms. The monoisotopic (exact) mass is 225 g/mol. The van der Waals surface area contributed by atoms with Crippen molar-refractivity contribution >= 4 is 11.3 Å². The Balaban J connectivity index is 1.96. The molecule has 82 valence electrons. The number of nitrogens with zero attached hydrogens (tertiary/aromatic N) is 1. The standard InChI is InChI=1S/C11H15NO2S/c1-8-12-9(7-15-8)6-10(13)11-4-2-3-5-14-11/h4,7,10,13H,2-3,5-6H2,1H3. The average Bonchev–Trinajstić information content (AvgIpc) is 2.65. The summed E-state index contributed by atoms with van der Waals surface area (Å²) in [5.74, 6) is 0.715. The molecule has 0 amide bonds. The van der Waals surface area contributed by atoms with E-state index in [1.165, 1.54) is 0 Å². The smallest absolute Gasteiger partial charge is 0.121 e. The maximum absolute atomic E-state index is 9.91. The van der Waals surface area contributed by atoms with Gasteiger partial charge >= 0.3 is 0 Å². The lowest BCUT2D eigenvalue weighted by Gasteiger charge is -2.19. The normalized spacial score (nSPS) is 18.1. The summed E-state index contributed by atoms with van der Waals surface area (Å²) in [4.78, 5) is 4.32. The Kier molecular flexibility index (Phi) is 3.38. The number of aromatic nitrogens is 1. The van der Waals surface area contributed by atoms with E-state index >= 15 is 0 Å². The number of hydrogen-bond acceptors (Lipinski definition) is 4. The maximum atomic E-state index is 9.91. The van der Waals surface area contributed by atoms with Crippen LogP contribution in [0.4, 0.5) is 0 Å². The third kappa shape index (κ3) is 2.79. The van der Waals surface area contributed by atoms with Crippen LogP contribution in [-0.4, -0.2) is 22.8 Å². The van der Waals surface area contributed by atoms with E-state index in [0.29, 0.717) is 12.2 Å². The number of ether oxygens (including phenoxy) is 1. The molecule has 2 rings (SSSR count). The Morgan fingerprint density at radius 2 is 2.53 bits per heavy atom. The van der Waals surface area contributed by atoms with Gasteiger partial charge in [-0.05, 0) is 25.8 Å². The summed E-state index contributed by atoms with van der Waals surface area (Å²) in [6.07, 6.45) is 4.05. The Labute approximate surface area is 93.4 Å². The molecular formula is C11H15NO2S. The first-order valence-electron chi connectivity index (χ1n) is 5.17. The molecule has 15 heavy (non-hydrogen) atoms. The molecule has 0 aliphatic carbocycles. The summed E-state index contributed by atoms with van der Waals surface area (Å²) in [6, 6.07) is 0. The van der Waals surface area contributed by atoms with Gasteiger partial charge in [0.2, 0.25) is 0 Å². The molecule has 1 unspecified atom stereocenters. The van der Waals surface area contributed by atoms with Crippen LogP contribution < -0.4 is 0 Å². The maximum Gasteiger partial charge on any atom is 0.121 e. The summed E-state index contributed by atoms with van der Waals surface area (Å²) in [6.45, 7) is 2.69. The Morgan fingerprint density at radius 3 is 3.13 bits per heavy atom. The van der Waals surface area contributed by atoms with Gasteiger partial charge in [0, 0.05) is 11.8 Å². The SMILES string of the molecule is Cc1nc(CC(O)C2=CCCCO2)cs1. The van der Waals surface area contributed by atoms with Crippen molar-refractivity contribution in [2.45, 2.75) is 32.3 Å². The van der Waals surface area contributed by atoms with Crippen molar-refractivity contribution in [3.63, 3.8) is 0 Å². The van der Waals surface area contributed by atoms with E-state index in [-0.39, 0.29) is 0 Å². The molecule has 0 aromatic carbocycles. The van der Waals surface area contributed by atoms with E-state index in [1.807, 2.05) is 18.4 Å². The third-order valence-corrected chi connectivity index (χ3v) is 3.18. The molecule has 1 N–H and O–H groups in total. The molecule has 1 aromatic heterocycles. The van der Waals surface area contributed by atoms with E-state index in [0.717, 1.165) is 30.2 Å². The minimum atomic E-state index is -0.535. The second-order valence-corrected chi connectivity index (χ2v) is 4.74. The number of rotatable bonds is 3. The highest BCUT2D eigenvalue weighted by molar-refractivity contribution is 7.09. The number of aliphatic hydroxyl groups excluding tert-OH is 1. The van der Waals surface area contributed by atoms with Gasteiger partial charge in [-0.1, -0.05) is 0 Å². The summed E-state index contributed by atoms with van der Waals surface area (Å²) in [7, 11) is 0. The number of thiazole rings is 1. The highest BCUT2D eigenvalue weighted by Crippen LogP contribution is 2.18. The minimum Gasteiger partial charge on any atom is -0.495 e. The molecule has 1 aromatic rings. The molecule has 1 aliphatic heterocycles. The van der Waals surface area contributed by atoms with Gasteiger partial charge in [0.1, 0.15) is 11.9 Å². The number of hydrogen-bond donors (Lipinski definition) is 1. The van der Waals surface area contributed by atoms with Gasteiger partial charge < -0.3 is 9.84 Å². The molecular weight excluding hydrogens is 210 g/mol. The molecule has 0 saturated heterocycles. The van der Waals surface area contributed by atoms with Crippen LogP contribution in [0.1, 0.15) is 23.5 Å². The average molecular weight is 225 g/mol. The zero-order valence-corrected chi connectivity index (χ0v) is 9.59. The predicted octanol–water partition coefficient (Wildman–Crippen LogP) is 2.05.